The summed E-state index contributed by atoms with van der Waals surface area (Å²) in [7, 11) is 0. The zero-order valence-corrected chi connectivity index (χ0v) is 12.5. The molecule has 1 aliphatic rings. The number of rotatable bonds is 2. The highest BCUT2D eigenvalue weighted by molar-refractivity contribution is 5.91. The number of hydrogen-bond acceptors (Lipinski definition) is 4. The van der Waals surface area contributed by atoms with Gasteiger partial charge in [0.15, 0.2) is 0 Å². The summed E-state index contributed by atoms with van der Waals surface area (Å²) in [5.41, 5.74) is 3.89. The number of aromatic nitrogens is 4. The Morgan fingerprint density at radius 1 is 1.24 bits per heavy atom. The quantitative estimate of drug-likeness (QED) is 0.882. The van der Waals surface area contributed by atoms with Crippen LogP contribution in [-0.2, 0) is 17.6 Å². The lowest BCUT2D eigenvalue weighted by Crippen LogP contribution is -2.29. The van der Waals surface area contributed by atoms with Crippen molar-refractivity contribution >= 4 is 11.9 Å². The maximum atomic E-state index is 12.4. The molecule has 110 valence electrons. The third kappa shape index (κ3) is 2.94. The predicted molar refractivity (Wildman–Crippen MR) is 79.0 cm³/mol. The van der Waals surface area contributed by atoms with E-state index in [1.807, 2.05) is 26.8 Å². The number of carbonyl (C=O) groups is 1. The van der Waals surface area contributed by atoms with E-state index in [0.717, 1.165) is 41.4 Å². The van der Waals surface area contributed by atoms with Gasteiger partial charge in [0.05, 0.1) is 5.69 Å². The summed E-state index contributed by atoms with van der Waals surface area (Å²) in [6.45, 7) is 5.73. The average Bonchev–Trinajstić information content (AvgIpc) is 2.76. The molecule has 1 amide bonds. The van der Waals surface area contributed by atoms with Crippen molar-refractivity contribution in [3.63, 3.8) is 0 Å². The molecule has 21 heavy (non-hydrogen) atoms. The van der Waals surface area contributed by atoms with Crippen LogP contribution in [0.4, 0.5) is 5.95 Å². The van der Waals surface area contributed by atoms with Gasteiger partial charge in [0.25, 0.3) is 0 Å². The van der Waals surface area contributed by atoms with Crippen LogP contribution in [0.2, 0.25) is 0 Å². The molecule has 0 aromatic carbocycles. The van der Waals surface area contributed by atoms with Gasteiger partial charge in [0.1, 0.15) is 5.82 Å². The molecule has 6 nitrogen and oxygen atoms in total. The third-order valence-electron chi connectivity index (χ3n) is 3.75. The lowest BCUT2D eigenvalue weighted by atomic mass is 9.89. The first kappa shape index (κ1) is 13.7. The summed E-state index contributed by atoms with van der Waals surface area (Å²) in [6.07, 6.45) is 2.35. The molecule has 0 saturated carbocycles. The Labute approximate surface area is 123 Å². The van der Waals surface area contributed by atoms with Gasteiger partial charge in [-0.3, -0.25) is 10.1 Å². The Kier molecular flexibility index (Phi) is 3.45. The second-order valence-corrected chi connectivity index (χ2v) is 5.65. The molecule has 0 aliphatic heterocycles. The van der Waals surface area contributed by atoms with E-state index < -0.39 is 0 Å². The standard InChI is InChI=1S/C15H19N5O/c1-8-6-9(2)17-15(16-8)20-14(21)11-4-5-12-13(7-11)19-10(3)18-12/h6,11H,4-5,7H2,1-3H3,(H,18,19)(H,16,17,20,21). The molecule has 2 heterocycles. The number of aromatic amines is 1. The molecule has 0 radical (unpaired) electrons. The van der Waals surface area contributed by atoms with Crippen molar-refractivity contribution in [2.24, 2.45) is 5.92 Å². The number of nitrogens with zero attached hydrogens (tertiary/aromatic N) is 3. The van der Waals surface area contributed by atoms with E-state index in [0.29, 0.717) is 12.4 Å². The SMILES string of the molecule is Cc1cc(C)nc(NC(=O)C2CCc3nc(C)[nH]c3C2)n1. The minimum absolute atomic E-state index is 0.0158. The topological polar surface area (TPSA) is 83.6 Å². The smallest absolute Gasteiger partial charge is 0.230 e. The molecule has 1 unspecified atom stereocenters. The Balaban J connectivity index is 1.72. The molecule has 3 rings (SSSR count). The minimum atomic E-state index is -0.0539. The van der Waals surface area contributed by atoms with Crippen molar-refractivity contribution in [3.05, 3.63) is 34.7 Å². The van der Waals surface area contributed by atoms with Crippen molar-refractivity contribution in [1.29, 1.82) is 0 Å². The van der Waals surface area contributed by atoms with Gasteiger partial charge in [0.2, 0.25) is 11.9 Å². The molecule has 2 aromatic rings. The molecule has 1 atom stereocenters. The second kappa shape index (κ2) is 5.27. The molecular formula is C15H19N5O. The van der Waals surface area contributed by atoms with E-state index in [4.69, 9.17) is 0 Å². The lowest BCUT2D eigenvalue weighted by molar-refractivity contribution is -0.120. The van der Waals surface area contributed by atoms with Crippen LogP contribution in [-0.4, -0.2) is 25.8 Å². The number of carbonyl (C=O) groups excluding carboxylic acids is 1. The number of H-pyrrole nitrogens is 1. The molecule has 0 bridgehead atoms. The average molecular weight is 285 g/mol. The fraction of sp³-hybridized carbons (Fsp3) is 0.467. The van der Waals surface area contributed by atoms with Gasteiger partial charge in [0, 0.05) is 29.4 Å². The Hall–Kier alpha value is -2.24. The van der Waals surface area contributed by atoms with Crippen LogP contribution >= 0.6 is 0 Å². The Bertz CT molecular complexity index is 671. The first-order valence-electron chi connectivity index (χ1n) is 7.19. The summed E-state index contributed by atoms with van der Waals surface area (Å²) >= 11 is 0. The van der Waals surface area contributed by atoms with Crippen LogP contribution in [0.5, 0.6) is 0 Å². The van der Waals surface area contributed by atoms with Crippen LogP contribution in [0.3, 0.4) is 0 Å². The monoisotopic (exact) mass is 285 g/mol. The van der Waals surface area contributed by atoms with Crippen LogP contribution in [0, 0.1) is 26.7 Å². The molecule has 1 aliphatic carbocycles. The fourth-order valence-corrected chi connectivity index (χ4v) is 2.84. The highest BCUT2D eigenvalue weighted by Crippen LogP contribution is 2.24. The maximum Gasteiger partial charge on any atom is 0.230 e. The number of anilines is 1. The molecule has 6 heteroatoms. The van der Waals surface area contributed by atoms with E-state index in [2.05, 4.69) is 25.3 Å². The van der Waals surface area contributed by atoms with Gasteiger partial charge >= 0.3 is 0 Å². The van der Waals surface area contributed by atoms with Gasteiger partial charge < -0.3 is 4.98 Å². The van der Waals surface area contributed by atoms with Crippen molar-refractivity contribution in [1.82, 2.24) is 19.9 Å². The van der Waals surface area contributed by atoms with E-state index >= 15 is 0 Å². The summed E-state index contributed by atoms with van der Waals surface area (Å²) in [6, 6.07) is 1.88. The van der Waals surface area contributed by atoms with Gasteiger partial charge in [-0.1, -0.05) is 0 Å². The van der Waals surface area contributed by atoms with E-state index in [1.54, 1.807) is 0 Å². The number of aryl methyl sites for hydroxylation is 4. The first-order chi connectivity index (χ1) is 10.0. The van der Waals surface area contributed by atoms with Crippen molar-refractivity contribution < 1.29 is 4.79 Å². The largest absolute Gasteiger partial charge is 0.346 e. The minimum Gasteiger partial charge on any atom is -0.346 e. The molecule has 2 aromatic heterocycles. The number of fused-ring (bicyclic) bond motifs is 1. The van der Waals surface area contributed by atoms with Crippen LogP contribution in [0.25, 0.3) is 0 Å². The van der Waals surface area contributed by atoms with E-state index in [9.17, 15) is 4.79 Å². The summed E-state index contributed by atoms with van der Waals surface area (Å²) < 4.78 is 0. The van der Waals surface area contributed by atoms with E-state index in [1.165, 1.54) is 0 Å². The summed E-state index contributed by atoms with van der Waals surface area (Å²) in [5.74, 6) is 1.24. The van der Waals surface area contributed by atoms with Crippen molar-refractivity contribution in [2.75, 3.05) is 5.32 Å². The summed E-state index contributed by atoms with van der Waals surface area (Å²) in [4.78, 5) is 28.6. The zero-order chi connectivity index (χ0) is 15.0. The van der Waals surface area contributed by atoms with Crippen LogP contribution < -0.4 is 5.32 Å². The zero-order valence-electron chi connectivity index (χ0n) is 12.5. The Morgan fingerprint density at radius 3 is 2.67 bits per heavy atom. The van der Waals surface area contributed by atoms with Gasteiger partial charge in [-0.25, -0.2) is 15.0 Å². The molecule has 0 spiro atoms. The highest BCUT2D eigenvalue weighted by atomic mass is 16.2. The number of nitrogens with one attached hydrogen (secondary N) is 2. The van der Waals surface area contributed by atoms with Crippen molar-refractivity contribution in [3.8, 4) is 0 Å². The number of hydrogen-bond donors (Lipinski definition) is 2. The predicted octanol–water partition coefficient (Wildman–Crippen LogP) is 1.87. The second-order valence-electron chi connectivity index (χ2n) is 5.65. The van der Waals surface area contributed by atoms with Crippen LogP contribution in [0.15, 0.2) is 6.07 Å². The molecule has 0 saturated heterocycles. The van der Waals surface area contributed by atoms with Gasteiger partial charge in [-0.05, 0) is 39.7 Å². The maximum absolute atomic E-state index is 12.4. The van der Waals surface area contributed by atoms with Crippen LogP contribution in [0.1, 0.15) is 35.0 Å². The Morgan fingerprint density at radius 2 is 1.95 bits per heavy atom. The fourth-order valence-electron chi connectivity index (χ4n) is 2.84. The molecular weight excluding hydrogens is 266 g/mol. The van der Waals surface area contributed by atoms with Crippen molar-refractivity contribution in [2.45, 2.75) is 40.0 Å². The lowest BCUT2D eigenvalue weighted by Gasteiger charge is -2.20. The summed E-state index contributed by atoms with van der Waals surface area (Å²) in [5, 5.41) is 2.84. The third-order valence-corrected chi connectivity index (χ3v) is 3.75. The van der Waals surface area contributed by atoms with Gasteiger partial charge in [-0.2, -0.15) is 0 Å². The molecule has 2 N–H and O–H groups in total. The van der Waals surface area contributed by atoms with E-state index in [-0.39, 0.29) is 11.8 Å². The number of amides is 1. The first-order valence-corrected chi connectivity index (χ1v) is 7.19. The normalized spacial score (nSPS) is 17.4. The molecule has 0 fully saturated rings. The van der Waals surface area contributed by atoms with Gasteiger partial charge in [-0.15, -0.1) is 0 Å². The number of imidazole rings is 1. The highest BCUT2D eigenvalue weighted by Gasteiger charge is 2.27.